The fourth-order valence-electron chi connectivity index (χ4n) is 8.18. The van der Waals surface area contributed by atoms with Crippen LogP contribution in [0.5, 0.6) is 0 Å². The van der Waals surface area contributed by atoms with E-state index in [1.807, 2.05) is 13.8 Å². The highest BCUT2D eigenvalue weighted by Crippen LogP contribution is 2.74. The maximum Gasteiger partial charge on any atom is 0.310 e. The summed E-state index contributed by atoms with van der Waals surface area (Å²) >= 11 is 0. The summed E-state index contributed by atoms with van der Waals surface area (Å²) in [5.74, 6) is -0.376. The first-order valence-electron chi connectivity index (χ1n) is 13.3. The standard InChI is InChI=1S/C27H38O8/c1-6-14(2)22(29)35-24-27-19(11-18(33-24)12-26(27)13-31-26)25(5,15(3)9-21(27)32-16(4)28)20-10-17-7-8-30-23(17)34-20/h7-8,14-15,17-21,23-24H,6,9-13H2,1-5H3/t14-,15+,17+,18+,19+,20-,21-,23-,24?,25-,26-,27-/m0/s1. The summed E-state index contributed by atoms with van der Waals surface area (Å²) < 4.78 is 37.3. The third-order valence-corrected chi connectivity index (χ3v) is 10.4. The Labute approximate surface area is 207 Å². The summed E-state index contributed by atoms with van der Waals surface area (Å²) in [6.45, 7) is 10.4. The zero-order valence-electron chi connectivity index (χ0n) is 21.4. The molecule has 2 aliphatic carbocycles. The predicted octanol–water partition coefficient (Wildman–Crippen LogP) is 3.72. The lowest BCUT2D eigenvalue weighted by atomic mass is 9.40. The molecule has 0 aromatic carbocycles. The van der Waals surface area contributed by atoms with Crippen LogP contribution in [-0.4, -0.2) is 55.0 Å². The highest BCUT2D eigenvalue weighted by molar-refractivity contribution is 5.72. The Bertz CT molecular complexity index is 928. The molecule has 5 heterocycles. The van der Waals surface area contributed by atoms with Crippen LogP contribution >= 0.6 is 0 Å². The monoisotopic (exact) mass is 490 g/mol. The molecule has 1 unspecified atom stereocenters. The van der Waals surface area contributed by atoms with Crippen LogP contribution in [0, 0.1) is 34.5 Å². The summed E-state index contributed by atoms with van der Waals surface area (Å²) in [6.07, 6.45) is 5.91. The Morgan fingerprint density at radius 2 is 1.94 bits per heavy atom. The molecule has 7 aliphatic rings. The Kier molecular flexibility index (Phi) is 5.38. The number of hydrogen-bond acceptors (Lipinski definition) is 8. The van der Waals surface area contributed by atoms with E-state index in [4.69, 9.17) is 28.4 Å². The van der Waals surface area contributed by atoms with E-state index in [1.165, 1.54) is 6.92 Å². The molecule has 0 aromatic rings. The average molecular weight is 491 g/mol. The first-order valence-corrected chi connectivity index (χ1v) is 13.3. The molecule has 4 saturated heterocycles. The second-order valence-corrected chi connectivity index (χ2v) is 12.0. The first-order chi connectivity index (χ1) is 16.7. The molecular weight excluding hydrogens is 452 g/mol. The second-order valence-electron chi connectivity index (χ2n) is 12.0. The largest absolute Gasteiger partial charge is 0.472 e. The highest BCUT2D eigenvalue weighted by atomic mass is 16.7. The molecule has 5 aliphatic heterocycles. The first kappa shape index (κ1) is 23.7. The molecule has 2 bridgehead atoms. The molecule has 194 valence electrons. The summed E-state index contributed by atoms with van der Waals surface area (Å²) in [7, 11) is 0. The smallest absolute Gasteiger partial charge is 0.310 e. The van der Waals surface area contributed by atoms with Crippen LogP contribution in [0.25, 0.3) is 0 Å². The Morgan fingerprint density at radius 1 is 1.17 bits per heavy atom. The highest BCUT2D eigenvalue weighted by Gasteiger charge is 2.83. The van der Waals surface area contributed by atoms with Crippen LogP contribution in [0.4, 0.5) is 0 Å². The van der Waals surface area contributed by atoms with Gasteiger partial charge in [0.2, 0.25) is 12.6 Å². The van der Waals surface area contributed by atoms with E-state index in [1.54, 1.807) is 6.26 Å². The molecule has 2 spiro atoms. The van der Waals surface area contributed by atoms with Gasteiger partial charge in [-0.15, -0.1) is 0 Å². The van der Waals surface area contributed by atoms with Gasteiger partial charge in [0, 0.05) is 24.7 Å². The lowest BCUT2D eigenvalue weighted by Gasteiger charge is -2.69. The van der Waals surface area contributed by atoms with Crippen molar-refractivity contribution in [1.82, 2.24) is 0 Å². The number of ether oxygens (including phenoxy) is 6. The van der Waals surface area contributed by atoms with Gasteiger partial charge in [0.1, 0.15) is 17.1 Å². The summed E-state index contributed by atoms with van der Waals surface area (Å²) in [5.41, 5.74) is -1.57. The topological polar surface area (TPSA) is 92.8 Å². The third kappa shape index (κ3) is 3.15. The Hall–Kier alpha value is -1.64. The summed E-state index contributed by atoms with van der Waals surface area (Å²) in [5, 5.41) is 0. The number of hydrogen-bond donors (Lipinski definition) is 0. The predicted molar refractivity (Wildman–Crippen MR) is 122 cm³/mol. The van der Waals surface area contributed by atoms with Crippen LogP contribution in [-0.2, 0) is 38.0 Å². The lowest BCUT2D eigenvalue weighted by molar-refractivity contribution is -0.376. The van der Waals surface area contributed by atoms with Gasteiger partial charge in [-0.25, -0.2) is 0 Å². The number of rotatable bonds is 5. The Morgan fingerprint density at radius 3 is 2.60 bits per heavy atom. The van der Waals surface area contributed by atoms with Crippen LogP contribution in [0.15, 0.2) is 12.3 Å². The van der Waals surface area contributed by atoms with E-state index < -0.39 is 23.4 Å². The van der Waals surface area contributed by atoms with E-state index in [2.05, 4.69) is 19.9 Å². The van der Waals surface area contributed by atoms with E-state index in [0.717, 1.165) is 19.3 Å². The molecule has 8 nitrogen and oxygen atoms in total. The van der Waals surface area contributed by atoms with Crippen molar-refractivity contribution in [3.8, 4) is 0 Å². The Balaban J connectivity index is 1.45. The molecule has 0 N–H and O–H groups in total. The minimum absolute atomic E-state index is 0.0284. The van der Waals surface area contributed by atoms with Crippen molar-refractivity contribution in [2.24, 2.45) is 34.5 Å². The average Bonchev–Trinajstić information content (AvgIpc) is 3.23. The summed E-state index contributed by atoms with van der Waals surface area (Å²) in [4.78, 5) is 25.4. The minimum Gasteiger partial charge on any atom is -0.472 e. The van der Waals surface area contributed by atoms with E-state index in [0.29, 0.717) is 19.4 Å². The number of carbonyl (C=O) groups is 2. The minimum atomic E-state index is -0.822. The van der Waals surface area contributed by atoms with Crippen molar-refractivity contribution in [2.45, 2.75) is 103 Å². The van der Waals surface area contributed by atoms with Gasteiger partial charge in [-0.05, 0) is 43.6 Å². The lowest BCUT2D eigenvalue weighted by Crippen LogP contribution is -2.77. The van der Waals surface area contributed by atoms with Gasteiger partial charge >= 0.3 is 11.9 Å². The fraction of sp³-hybridized carbons (Fsp3) is 0.852. The van der Waals surface area contributed by atoms with Gasteiger partial charge in [0.05, 0.1) is 31.0 Å². The van der Waals surface area contributed by atoms with Crippen LogP contribution < -0.4 is 0 Å². The molecule has 12 atom stereocenters. The molecular formula is C27H38O8. The number of esters is 2. The van der Waals surface area contributed by atoms with Gasteiger partial charge < -0.3 is 28.4 Å². The van der Waals surface area contributed by atoms with Gasteiger partial charge in [-0.2, -0.15) is 0 Å². The third-order valence-electron chi connectivity index (χ3n) is 10.4. The molecule has 0 aromatic heterocycles. The number of fused-ring (bicyclic) bond motifs is 2. The van der Waals surface area contributed by atoms with E-state index in [9.17, 15) is 9.59 Å². The fourth-order valence-corrected chi connectivity index (χ4v) is 8.18. The van der Waals surface area contributed by atoms with Crippen LogP contribution in [0.3, 0.4) is 0 Å². The van der Waals surface area contributed by atoms with Crippen molar-refractivity contribution >= 4 is 11.9 Å². The zero-order valence-corrected chi connectivity index (χ0v) is 21.4. The maximum absolute atomic E-state index is 13.1. The molecule has 2 saturated carbocycles. The van der Waals surface area contributed by atoms with E-state index in [-0.39, 0.29) is 59.5 Å². The number of epoxide rings is 1. The molecule has 6 fully saturated rings. The van der Waals surface area contributed by atoms with Gasteiger partial charge in [-0.1, -0.05) is 27.7 Å². The molecule has 8 heteroatoms. The van der Waals surface area contributed by atoms with Crippen molar-refractivity contribution in [2.75, 3.05) is 6.61 Å². The zero-order chi connectivity index (χ0) is 24.8. The van der Waals surface area contributed by atoms with Crippen molar-refractivity contribution in [1.29, 1.82) is 0 Å². The van der Waals surface area contributed by atoms with Crippen LogP contribution in [0.2, 0.25) is 0 Å². The quantitative estimate of drug-likeness (QED) is 0.425. The van der Waals surface area contributed by atoms with Gasteiger partial charge in [0.15, 0.2) is 0 Å². The molecule has 35 heavy (non-hydrogen) atoms. The van der Waals surface area contributed by atoms with Crippen molar-refractivity contribution in [3.05, 3.63) is 12.3 Å². The molecule has 0 amide bonds. The molecule has 0 radical (unpaired) electrons. The van der Waals surface area contributed by atoms with Crippen molar-refractivity contribution in [3.63, 3.8) is 0 Å². The normalized spacial score (nSPS) is 51.9. The molecule has 7 rings (SSSR count). The SMILES string of the molecule is CC[C@H](C)C(=O)OC1O[C@@H]2C[C@@H]3[C@@](C)([C@@H]4C[C@H]5C=CO[C@H]5O4)[C@H](C)C[C@H](OC(C)=O)[C@]13[C@@]1(CO1)C2. The maximum atomic E-state index is 13.1. The van der Waals surface area contributed by atoms with Crippen LogP contribution in [0.1, 0.15) is 66.7 Å². The second kappa shape index (κ2) is 7.93. The van der Waals surface area contributed by atoms with Gasteiger partial charge in [0.25, 0.3) is 0 Å². The van der Waals surface area contributed by atoms with Gasteiger partial charge in [-0.3, -0.25) is 9.59 Å². The summed E-state index contributed by atoms with van der Waals surface area (Å²) in [6, 6.07) is 0. The van der Waals surface area contributed by atoms with E-state index >= 15 is 0 Å². The number of carbonyl (C=O) groups excluding carboxylic acids is 2. The van der Waals surface area contributed by atoms with Crippen molar-refractivity contribution < 1.29 is 38.0 Å².